The van der Waals surface area contributed by atoms with Crippen LogP contribution >= 0.6 is 11.3 Å². The third-order valence-electron chi connectivity index (χ3n) is 5.25. The number of anilines is 2. The lowest BCUT2D eigenvalue weighted by Crippen LogP contribution is -2.37. The number of nitrogens with zero attached hydrogens (tertiary/aromatic N) is 2. The smallest absolute Gasteiger partial charge is 0.266 e. The van der Waals surface area contributed by atoms with Gasteiger partial charge < -0.3 is 0 Å². The van der Waals surface area contributed by atoms with Gasteiger partial charge in [0.05, 0.1) is 11.4 Å². The molecule has 2 amide bonds. The molecule has 28 heavy (non-hydrogen) atoms. The number of amides is 2. The van der Waals surface area contributed by atoms with Crippen LogP contribution in [-0.2, 0) is 14.4 Å². The van der Waals surface area contributed by atoms with Crippen LogP contribution in [0.1, 0.15) is 16.5 Å². The molecular weight excluding hydrogens is 372 g/mol. The fourth-order valence-corrected chi connectivity index (χ4v) is 4.76. The highest BCUT2D eigenvalue weighted by Crippen LogP contribution is 2.48. The molecule has 5 rings (SSSR count). The first-order valence-corrected chi connectivity index (χ1v) is 10.0. The van der Waals surface area contributed by atoms with Gasteiger partial charge in [0.1, 0.15) is 12.0 Å². The molecule has 2 aromatic carbocycles. The van der Waals surface area contributed by atoms with Crippen molar-refractivity contribution >= 4 is 34.5 Å². The molecule has 0 radical (unpaired) electrons. The number of fused-ring (bicyclic) bond motifs is 1. The third-order valence-corrected chi connectivity index (χ3v) is 6.20. The number of thiophene rings is 1. The lowest BCUT2D eigenvalue weighted by atomic mass is 9.95. The molecule has 2 aliphatic heterocycles. The molecule has 0 bridgehead atoms. The summed E-state index contributed by atoms with van der Waals surface area (Å²) in [5.41, 5.74) is 2.50. The Morgan fingerprint density at radius 3 is 2.29 bits per heavy atom. The Morgan fingerprint density at radius 2 is 1.61 bits per heavy atom. The summed E-state index contributed by atoms with van der Waals surface area (Å²) in [6, 6.07) is 20.6. The first kappa shape index (κ1) is 17.2. The van der Waals surface area contributed by atoms with E-state index in [2.05, 4.69) is 0 Å². The van der Waals surface area contributed by atoms with Crippen LogP contribution in [0.4, 0.5) is 11.4 Å². The summed E-state index contributed by atoms with van der Waals surface area (Å²) in [4.78, 5) is 34.9. The third kappa shape index (κ3) is 2.57. The van der Waals surface area contributed by atoms with Gasteiger partial charge in [-0.25, -0.2) is 9.96 Å². The first-order valence-electron chi connectivity index (χ1n) is 9.14. The van der Waals surface area contributed by atoms with E-state index in [0.717, 1.165) is 16.1 Å². The van der Waals surface area contributed by atoms with Crippen molar-refractivity contribution in [3.63, 3.8) is 0 Å². The number of benzene rings is 2. The zero-order valence-corrected chi connectivity index (χ0v) is 16.0. The van der Waals surface area contributed by atoms with Gasteiger partial charge in [0.2, 0.25) is 5.91 Å². The van der Waals surface area contributed by atoms with E-state index in [1.54, 1.807) is 28.5 Å². The maximum absolute atomic E-state index is 13.4. The minimum absolute atomic E-state index is 0.212. The molecule has 0 aliphatic carbocycles. The van der Waals surface area contributed by atoms with Crippen LogP contribution in [0.15, 0.2) is 72.1 Å². The number of aryl methyl sites for hydroxylation is 1. The van der Waals surface area contributed by atoms with Gasteiger partial charge in [-0.2, -0.15) is 0 Å². The van der Waals surface area contributed by atoms with Gasteiger partial charge in [-0.15, -0.1) is 11.3 Å². The van der Waals surface area contributed by atoms with Crippen molar-refractivity contribution in [3.8, 4) is 0 Å². The Hall–Kier alpha value is -2.96. The molecule has 2 fully saturated rings. The molecule has 5 nitrogen and oxygen atoms in total. The Balaban J connectivity index is 1.56. The van der Waals surface area contributed by atoms with Gasteiger partial charge in [-0.3, -0.25) is 14.4 Å². The molecule has 2 saturated heterocycles. The zero-order chi connectivity index (χ0) is 19.3. The predicted molar refractivity (Wildman–Crippen MR) is 108 cm³/mol. The lowest BCUT2D eigenvalue weighted by molar-refractivity contribution is -0.126. The molecule has 0 spiro atoms. The van der Waals surface area contributed by atoms with Crippen molar-refractivity contribution in [1.82, 2.24) is 0 Å². The normalized spacial score (nSPS) is 24.1. The zero-order valence-electron chi connectivity index (χ0n) is 15.2. The van der Waals surface area contributed by atoms with E-state index in [1.165, 1.54) is 4.90 Å². The topological polar surface area (TPSA) is 49.9 Å². The molecule has 140 valence electrons. The molecule has 1 aromatic heterocycles. The number of hydrogen-bond acceptors (Lipinski definition) is 5. The van der Waals surface area contributed by atoms with Crippen molar-refractivity contribution in [2.24, 2.45) is 5.92 Å². The van der Waals surface area contributed by atoms with Crippen LogP contribution in [0.2, 0.25) is 0 Å². The van der Waals surface area contributed by atoms with Crippen LogP contribution in [0.3, 0.4) is 0 Å². The van der Waals surface area contributed by atoms with E-state index in [4.69, 9.17) is 4.84 Å². The molecule has 3 atom stereocenters. The summed E-state index contributed by atoms with van der Waals surface area (Å²) < 4.78 is 0. The standard InChI is InChI=1S/C22H18N2O3S/c1-14-9-11-15(12-10-14)23-21(25)18-19(17-8-5-13-28-17)24(27-20(18)22(23)26)16-6-3-2-4-7-16/h2-13,18-20H,1H3/t18-,19-,20+/m0/s1. The Labute approximate surface area is 166 Å². The van der Waals surface area contributed by atoms with Gasteiger partial charge in [-0.1, -0.05) is 42.0 Å². The minimum Gasteiger partial charge on any atom is -0.273 e. The number of imide groups is 1. The van der Waals surface area contributed by atoms with E-state index in [0.29, 0.717) is 5.69 Å². The Bertz CT molecular complexity index is 1020. The first-order chi connectivity index (χ1) is 13.6. The van der Waals surface area contributed by atoms with Gasteiger partial charge in [0, 0.05) is 4.88 Å². The van der Waals surface area contributed by atoms with E-state index in [1.807, 2.05) is 66.9 Å². The van der Waals surface area contributed by atoms with E-state index < -0.39 is 12.0 Å². The van der Waals surface area contributed by atoms with Crippen molar-refractivity contribution in [1.29, 1.82) is 0 Å². The van der Waals surface area contributed by atoms with E-state index in [9.17, 15) is 9.59 Å². The monoisotopic (exact) mass is 390 g/mol. The highest BCUT2D eigenvalue weighted by molar-refractivity contribution is 7.10. The van der Waals surface area contributed by atoms with Crippen LogP contribution in [0.5, 0.6) is 0 Å². The molecule has 0 saturated carbocycles. The number of para-hydroxylation sites is 1. The molecule has 3 aromatic rings. The van der Waals surface area contributed by atoms with Crippen LogP contribution in [0.25, 0.3) is 0 Å². The van der Waals surface area contributed by atoms with E-state index >= 15 is 0 Å². The molecule has 0 unspecified atom stereocenters. The fourth-order valence-electron chi connectivity index (χ4n) is 3.91. The van der Waals surface area contributed by atoms with Crippen molar-refractivity contribution in [2.75, 3.05) is 9.96 Å². The lowest BCUT2D eigenvalue weighted by Gasteiger charge is -2.27. The number of carbonyl (C=O) groups excluding carboxylic acids is 2. The minimum atomic E-state index is -0.818. The summed E-state index contributed by atoms with van der Waals surface area (Å²) in [7, 11) is 0. The number of rotatable bonds is 3. The second-order valence-electron chi connectivity index (χ2n) is 7.02. The van der Waals surface area contributed by atoms with Crippen molar-refractivity contribution in [3.05, 3.63) is 82.6 Å². The average Bonchev–Trinajstić information content (AvgIpc) is 3.42. The van der Waals surface area contributed by atoms with Gasteiger partial charge in [-0.05, 0) is 42.6 Å². The van der Waals surface area contributed by atoms with Crippen LogP contribution in [0, 0.1) is 12.8 Å². The highest BCUT2D eigenvalue weighted by atomic mass is 32.1. The van der Waals surface area contributed by atoms with Gasteiger partial charge in [0.25, 0.3) is 5.91 Å². The Kier molecular flexibility index (Phi) is 4.03. The summed E-state index contributed by atoms with van der Waals surface area (Å²) in [5, 5.41) is 3.70. The Morgan fingerprint density at radius 1 is 0.857 bits per heavy atom. The second kappa shape index (κ2) is 6.58. The quantitative estimate of drug-likeness (QED) is 0.632. The summed E-state index contributed by atoms with van der Waals surface area (Å²) in [5.74, 6) is -1.10. The van der Waals surface area contributed by atoms with Gasteiger partial charge >= 0.3 is 0 Å². The number of hydroxylamine groups is 1. The second-order valence-corrected chi connectivity index (χ2v) is 8.00. The van der Waals surface area contributed by atoms with Crippen molar-refractivity contribution in [2.45, 2.75) is 19.1 Å². The summed E-state index contributed by atoms with van der Waals surface area (Å²) in [6.45, 7) is 1.97. The maximum Gasteiger partial charge on any atom is 0.266 e. The predicted octanol–water partition coefficient (Wildman–Crippen LogP) is 4.11. The van der Waals surface area contributed by atoms with Crippen molar-refractivity contribution < 1.29 is 14.4 Å². The van der Waals surface area contributed by atoms with E-state index in [-0.39, 0.29) is 17.9 Å². The molecule has 3 heterocycles. The van der Waals surface area contributed by atoms with Gasteiger partial charge in [0.15, 0.2) is 6.10 Å². The van der Waals surface area contributed by atoms with Crippen LogP contribution in [-0.4, -0.2) is 17.9 Å². The molecule has 6 heteroatoms. The molecular formula is C22H18N2O3S. The molecule has 0 N–H and O–H groups in total. The average molecular weight is 390 g/mol. The molecule has 2 aliphatic rings. The number of hydrogen-bond donors (Lipinski definition) is 0. The fraction of sp³-hybridized carbons (Fsp3) is 0.182. The largest absolute Gasteiger partial charge is 0.273 e. The SMILES string of the molecule is Cc1ccc(N2C(=O)[C@@H]3[C@@H](ON(c4ccccc4)[C@H]3c3cccs3)C2=O)cc1. The number of carbonyl (C=O) groups is 2. The van der Waals surface area contributed by atoms with Crippen LogP contribution < -0.4 is 9.96 Å². The summed E-state index contributed by atoms with van der Waals surface area (Å²) >= 11 is 1.57. The maximum atomic E-state index is 13.4. The summed E-state index contributed by atoms with van der Waals surface area (Å²) in [6.07, 6.45) is -0.818. The highest BCUT2D eigenvalue weighted by Gasteiger charge is 2.60.